The summed E-state index contributed by atoms with van der Waals surface area (Å²) in [6, 6.07) is 1.19. The maximum atomic E-state index is 13.1. The molecule has 5 heteroatoms. The number of rotatable bonds is 2. The van der Waals surface area contributed by atoms with E-state index in [4.69, 9.17) is 0 Å². The molecule has 0 spiro atoms. The van der Waals surface area contributed by atoms with Crippen LogP contribution in [0.3, 0.4) is 0 Å². The summed E-state index contributed by atoms with van der Waals surface area (Å²) in [5, 5.41) is 22.2. The van der Waals surface area contributed by atoms with Crippen LogP contribution < -0.4 is 5.32 Å². The molecule has 16 heavy (non-hydrogen) atoms. The highest BCUT2D eigenvalue weighted by atomic mass is 79.9. The second-order valence-electron chi connectivity index (χ2n) is 4.08. The number of halogens is 2. The normalized spacial score (nSPS) is 20.2. The summed E-state index contributed by atoms with van der Waals surface area (Å²) in [4.78, 5) is 0. The monoisotopic (exact) mass is 289 g/mol. The molecule has 2 rings (SSSR count). The van der Waals surface area contributed by atoms with E-state index in [1.165, 1.54) is 6.07 Å². The van der Waals surface area contributed by atoms with Crippen molar-refractivity contribution >= 4 is 15.9 Å². The molecule has 88 valence electrons. The Morgan fingerprint density at radius 1 is 1.44 bits per heavy atom. The van der Waals surface area contributed by atoms with Gasteiger partial charge in [0, 0.05) is 10.0 Å². The molecule has 3 nitrogen and oxygen atoms in total. The molecule has 0 radical (unpaired) electrons. The molecule has 1 aliphatic heterocycles. The molecule has 0 saturated carbocycles. The standard InChI is InChI=1S/C11H13BrFNO2/c12-8-4-9(13)11(16)10(15)7(8)3-6-1-2-14-5-6/h4,6,14-16H,1-3,5H2. The summed E-state index contributed by atoms with van der Waals surface area (Å²) in [6.45, 7) is 1.86. The number of hydrogen-bond donors (Lipinski definition) is 3. The molecule has 0 bridgehead atoms. The fraction of sp³-hybridized carbons (Fsp3) is 0.455. The maximum Gasteiger partial charge on any atom is 0.194 e. The van der Waals surface area contributed by atoms with Crippen molar-refractivity contribution in [2.24, 2.45) is 5.92 Å². The molecule has 1 fully saturated rings. The summed E-state index contributed by atoms with van der Waals surface area (Å²) < 4.78 is 13.6. The molecule has 1 atom stereocenters. The third-order valence-corrected chi connectivity index (χ3v) is 3.64. The number of phenolic OH excluding ortho intramolecular Hbond substituents is 2. The Morgan fingerprint density at radius 2 is 2.19 bits per heavy atom. The number of benzene rings is 1. The second kappa shape index (κ2) is 4.59. The van der Waals surface area contributed by atoms with Gasteiger partial charge in [0.05, 0.1) is 0 Å². The van der Waals surface area contributed by atoms with Crippen molar-refractivity contribution in [3.63, 3.8) is 0 Å². The van der Waals surface area contributed by atoms with E-state index in [1.807, 2.05) is 0 Å². The van der Waals surface area contributed by atoms with Gasteiger partial charge in [-0.1, -0.05) is 15.9 Å². The van der Waals surface area contributed by atoms with E-state index < -0.39 is 11.6 Å². The summed E-state index contributed by atoms with van der Waals surface area (Å²) >= 11 is 3.21. The molecule has 1 aromatic carbocycles. The van der Waals surface area contributed by atoms with Crippen molar-refractivity contribution in [2.75, 3.05) is 13.1 Å². The molecular weight excluding hydrogens is 277 g/mol. The van der Waals surface area contributed by atoms with Gasteiger partial charge in [-0.15, -0.1) is 0 Å². The molecule has 1 saturated heterocycles. The van der Waals surface area contributed by atoms with E-state index >= 15 is 0 Å². The number of phenols is 2. The Morgan fingerprint density at radius 3 is 2.81 bits per heavy atom. The second-order valence-corrected chi connectivity index (χ2v) is 4.93. The van der Waals surface area contributed by atoms with E-state index in [2.05, 4.69) is 21.2 Å². The van der Waals surface area contributed by atoms with E-state index in [0.717, 1.165) is 19.5 Å². The van der Waals surface area contributed by atoms with Crippen LogP contribution in [-0.2, 0) is 6.42 Å². The Labute approximate surface area is 101 Å². The fourth-order valence-electron chi connectivity index (χ4n) is 2.01. The van der Waals surface area contributed by atoms with Crippen molar-refractivity contribution in [3.05, 3.63) is 21.9 Å². The van der Waals surface area contributed by atoms with Gasteiger partial charge in [0.1, 0.15) is 0 Å². The lowest BCUT2D eigenvalue weighted by molar-refractivity contribution is 0.372. The van der Waals surface area contributed by atoms with Crippen LogP contribution in [-0.4, -0.2) is 23.3 Å². The smallest absolute Gasteiger partial charge is 0.194 e. The van der Waals surface area contributed by atoms with Gasteiger partial charge >= 0.3 is 0 Å². The lowest BCUT2D eigenvalue weighted by atomic mass is 9.97. The molecule has 0 aromatic heterocycles. The van der Waals surface area contributed by atoms with Gasteiger partial charge in [-0.3, -0.25) is 0 Å². The quantitative estimate of drug-likeness (QED) is 0.732. The lowest BCUT2D eigenvalue weighted by Crippen LogP contribution is -2.11. The van der Waals surface area contributed by atoms with E-state index in [1.54, 1.807) is 0 Å². The van der Waals surface area contributed by atoms with Crippen LogP contribution in [0.1, 0.15) is 12.0 Å². The summed E-state index contributed by atoms with van der Waals surface area (Å²) in [7, 11) is 0. The van der Waals surface area contributed by atoms with Gasteiger partial charge in [-0.2, -0.15) is 0 Å². The van der Waals surface area contributed by atoms with Gasteiger partial charge in [-0.05, 0) is 37.9 Å². The summed E-state index contributed by atoms with van der Waals surface area (Å²) in [5.41, 5.74) is 0.576. The van der Waals surface area contributed by atoms with Gasteiger partial charge < -0.3 is 15.5 Å². The van der Waals surface area contributed by atoms with E-state index in [-0.39, 0.29) is 5.75 Å². The highest BCUT2D eigenvalue weighted by Gasteiger charge is 2.21. The zero-order valence-corrected chi connectivity index (χ0v) is 10.2. The summed E-state index contributed by atoms with van der Waals surface area (Å²) in [5.74, 6) is -1.40. The van der Waals surface area contributed by atoms with Crippen molar-refractivity contribution < 1.29 is 14.6 Å². The van der Waals surface area contributed by atoms with Gasteiger partial charge in [0.2, 0.25) is 0 Å². The minimum Gasteiger partial charge on any atom is -0.504 e. The zero-order valence-electron chi connectivity index (χ0n) is 8.63. The highest BCUT2D eigenvalue weighted by molar-refractivity contribution is 9.10. The Hall–Kier alpha value is -0.810. The molecule has 3 N–H and O–H groups in total. The van der Waals surface area contributed by atoms with E-state index in [9.17, 15) is 14.6 Å². The first-order chi connectivity index (χ1) is 7.59. The van der Waals surface area contributed by atoms with Gasteiger partial charge in [0.15, 0.2) is 17.3 Å². The molecule has 1 aliphatic rings. The Kier molecular flexibility index (Phi) is 3.35. The van der Waals surface area contributed by atoms with Gasteiger partial charge in [-0.25, -0.2) is 4.39 Å². The third-order valence-electron chi connectivity index (χ3n) is 2.93. The highest BCUT2D eigenvalue weighted by Crippen LogP contribution is 2.38. The number of hydrogen-bond acceptors (Lipinski definition) is 3. The van der Waals surface area contributed by atoms with Crippen molar-refractivity contribution in [3.8, 4) is 11.5 Å². The number of nitrogens with one attached hydrogen (secondary N) is 1. The van der Waals surface area contributed by atoms with Crippen molar-refractivity contribution in [2.45, 2.75) is 12.8 Å². The third kappa shape index (κ3) is 2.15. The molecule has 1 heterocycles. The van der Waals surface area contributed by atoms with Crippen LogP contribution in [0.5, 0.6) is 11.5 Å². The first-order valence-electron chi connectivity index (χ1n) is 5.19. The molecular formula is C11H13BrFNO2. The minimum atomic E-state index is -0.808. The summed E-state index contributed by atoms with van der Waals surface area (Å²) in [6.07, 6.45) is 1.66. The molecule has 1 aromatic rings. The van der Waals surface area contributed by atoms with Crippen LogP contribution in [0.25, 0.3) is 0 Å². The topological polar surface area (TPSA) is 52.5 Å². The SMILES string of the molecule is Oc1c(F)cc(Br)c(CC2CCNC2)c1O. The van der Waals surface area contributed by atoms with Crippen LogP contribution in [0.4, 0.5) is 4.39 Å². The van der Waals surface area contributed by atoms with Crippen LogP contribution in [0, 0.1) is 11.7 Å². The predicted octanol–water partition coefficient (Wildman–Crippen LogP) is 2.15. The molecule has 0 amide bonds. The average molecular weight is 290 g/mol. The Bertz CT molecular complexity index is 405. The fourth-order valence-corrected chi connectivity index (χ4v) is 2.56. The zero-order chi connectivity index (χ0) is 11.7. The maximum absolute atomic E-state index is 13.1. The molecule has 1 unspecified atom stereocenters. The van der Waals surface area contributed by atoms with Crippen LogP contribution in [0.15, 0.2) is 10.5 Å². The average Bonchev–Trinajstić information content (AvgIpc) is 2.74. The Balaban J connectivity index is 2.28. The van der Waals surface area contributed by atoms with E-state index in [0.29, 0.717) is 22.4 Å². The van der Waals surface area contributed by atoms with Crippen LogP contribution >= 0.6 is 15.9 Å². The first kappa shape index (κ1) is 11.7. The minimum absolute atomic E-state index is 0.348. The number of aromatic hydroxyl groups is 2. The largest absolute Gasteiger partial charge is 0.504 e. The van der Waals surface area contributed by atoms with Crippen LogP contribution in [0.2, 0.25) is 0 Å². The van der Waals surface area contributed by atoms with Crippen molar-refractivity contribution in [1.29, 1.82) is 0 Å². The predicted molar refractivity (Wildman–Crippen MR) is 62.1 cm³/mol. The van der Waals surface area contributed by atoms with Gasteiger partial charge in [0.25, 0.3) is 0 Å². The lowest BCUT2D eigenvalue weighted by Gasteiger charge is -2.13. The molecule has 0 aliphatic carbocycles. The first-order valence-corrected chi connectivity index (χ1v) is 5.98. The van der Waals surface area contributed by atoms with Crippen molar-refractivity contribution in [1.82, 2.24) is 5.32 Å².